The molecule has 1 N–H and O–H groups in total. The van der Waals surface area contributed by atoms with Crippen LogP contribution in [0.3, 0.4) is 0 Å². The molecule has 0 heterocycles. The van der Waals surface area contributed by atoms with Crippen molar-refractivity contribution in [1.82, 2.24) is 5.32 Å². The molecule has 1 nitrogen and oxygen atoms in total. The van der Waals surface area contributed by atoms with E-state index in [0.29, 0.717) is 0 Å². The van der Waals surface area contributed by atoms with Gasteiger partial charge in [-0.2, -0.15) is 0 Å². The highest BCUT2D eigenvalue weighted by atomic mass is 32.2. The number of hydrogen-bond donors (Lipinski definition) is 1. The SMILES string of the molecule is CCCNC1CCCC1CCSc1ccc(F)cc1. The van der Waals surface area contributed by atoms with Crippen LogP contribution in [0.5, 0.6) is 0 Å². The van der Waals surface area contributed by atoms with E-state index in [0.717, 1.165) is 24.3 Å². The summed E-state index contributed by atoms with van der Waals surface area (Å²) >= 11 is 1.85. The Morgan fingerprint density at radius 3 is 2.79 bits per heavy atom. The molecule has 2 unspecified atom stereocenters. The number of hydrogen-bond acceptors (Lipinski definition) is 2. The standard InChI is InChI=1S/C16H24FNS/c1-2-11-18-16-5-3-4-13(16)10-12-19-15-8-6-14(17)7-9-15/h6-9,13,16,18H,2-5,10-12H2,1H3. The first-order valence-electron chi connectivity index (χ1n) is 7.41. The highest BCUT2D eigenvalue weighted by molar-refractivity contribution is 7.99. The summed E-state index contributed by atoms with van der Waals surface area (Å²) in [6.45, 7) is 3.37. The molecule has 0 aliphatic heterocycles. The topological polar surface area (TPSA) is 12.0 Å². The maximum absolute atomic E-state index is 12.8. The lowest BCUT2D eigenvalue weighted by atomic mass is 10.0. The molecule has 1 aliphatic rings. The quantitative estimate of drug-likeness (QED) is 0.740. The molecule has 0 amide bonds. The zero-order valence-electron chi connectivity index (χ0n) is 11.7. The zero-order valence-corrected chi connectivity index (χ0v) is 12.5. The van der Waals surface area contributed by atoms with Crippen LogP contribution in [-0.4, -0.2) is 18.3 Å². The summed E-state index contributed by atoms with van der Waals surface area (Å²) in [5.74, 6) is 1.82. The highest BCUT2D eigenvalue weighted by Gasteiger charge is 2.25. The lowest BCUT2D eigenvalue weighted by molar-refractivity contribution is 0.393. The van der Waals surface area contributed by atoms with Crippen molar-refractivity contribution < 1.29 is 4.39 Å². The van der Waals surface area contributed by atoms with Crippen LogP contribution in [0.1, 0.15) is 39.0 Å². The third kappa shape index (κ3) is 4.81. The molecule has 2 rings (SSSR count). The summed E-state index contributed by atoms with van der Waals surface area (Å²) in [6, 6.07) is 7.57. The molecule has 0 aromatic heterocycles. The fourth-order valence-corrected chi connectivity index (χ4v) is 3.82. The molecule has 1 saturated carbocycles. The smallest absolute Gasteiger partial charge is 0.123 e. The normalized spacial score (nSPS) is 22.8. The summed E-state index contributed by atoms with van der Waals surface area (Å²) in [5, 5.41) is 3.68. The van der Waals surface area contributed by atoms with Gasteiger partial charge in [0, 0.05) is 10.9 Å². The first-order chi connectivity index (χ1) is 9.29. The third-order valence-electron chi connectivity index (χ3n) is 3.89. The first kappa shape index (κ1) is 14.9. The minimum absolute atomic E-state index is 0.149. The summed E-state index contributed by atoms with van der Waals surface area (Å²) in [7, 11) is 0. The van der Waals surface area contributed by atoms with Crippen molar-refractivity contribution in [2.45, 2.75) is 50.0 Å². The van der Waals surface area contributed by atoms with E-state index in [1.807, 2.05) is 23.9 Å². The zero-order chi connectivity index (χ0) is 13.5. The Labute approximate surface area is 120 Å². The van der Waals surface area contributed by atoms with E-state index in [-0.39, 0.29) is 5.82 Å². The molecule has 3 heteroatoms. The molecule has 1 aromatic rings. The molecular weight excluding hydrogens is 257 g/mol. The average molecular weight is 281 g/mol. The third-order valence-corrected chi connectivity index (χ3v) is 4.93. The van der Waals surface area contributed by atoms with Gasteiger partial charge >= 0.3 is 0 Å². The lowest BCUT2D eigenvalue weighted by Crippen LogP contribution is -2.33. The van der Waals surface area contributed by atoms with Crippen LogP contribution >= 0.6 is 11.8 Å². The maximum atomic E-state index is 12.8. The molecule has 2 atom stereocenters. The molecule has 0 spiro atoms. The minimum Gasteiger partial charge on any atom is -0.314 e. The van der Waals surface area contributed by atoms with Crippen molar-refractivity contribution >= 4 is 11.8 Å². The van der Waals surface area contributed by atoms with Crippen LogP contribution in [0, 0.1) is 11.7 Å². The Kier molecular flexibility index (Phi) is 6.18. The van der Waals surface area contributed by atoms with Crippen LogP contribution in [-0.2, 0) is 0 Å². The Bertz CT molecular complexity index is 366. The van der Waals surface area contributed by atoms with Crippen molar-refractivity contribution in [3.05, 3.63) is 30.1 Å². The monoisotopic (exact) mass is 281 g/mol. The molecule has 1 fully saturated rings. The van der Waals surface area contributed by atoms with Crippen molar-refractivity contribution in [1.29, 1.82) is 0 Å². The molecule has 0 bridgehead atoms. The number of nitrogens with one attached hydrogen (secondary N) is 1. The number of halogens is 1. The summed E-state index contributed by atoms with van der Waals surface area (Å²) < 4.78 is 12.8. The van der Waals surface area contributed by atoms with Crippen molar-refractivity contribution in [3.63, 3.8) is 0 Å². The molecule has 19 heavy (non-hydrogen) atoms. The second-order valence-corrected chi connectivity index (χ2v) is 6.51. The van der Waals surface area contributed by atoms with E-state index < -0.39 is 0 Å². The van der Waals surface area contributed by atoms with Gasteiger partial charge in [-0.3, -0.25) is 0 Å². The van der Waals surface area contributed by atoms with E-state index in [1.165, 1.54) is 37.0 Å². The second kappa shape index (κ2) is 7.91. The van der Waals surface area contributed by atoms with Gasteiger partial charge in [-0.05, 0) is 68.2 Å². The summed E-state index contributed by atoms with van der Waals surface area (Å²) in [6.07, 6.45) is 6.56. The molecule has 1 aromatic carbocycles. The predicted octanol–water partition coefficient (Wildman–Crippen LogP) is 4.48. The van der Waals surface area contributed by atoms with E-state index in [4.69, 9.17) is 0 Å². The van der Waals surface area contributed by atoms with Crippen LogP contribution in [0.25, 0.3) is 0 Å². The number of thioether (sulfide) groups is 1. The highest BCUT2D eigenvalue weighted by Crippen LogP contribution is 2.31. The van der Waals surface area contributed by atoms with Crippen LogP contribution < -0.4 is 5.32 Å². The summed E-state index contributed by atoms with van der Waals surface area (Å²) in [5.41, 5.74) is 0. The van der Waals surface area contributed by atoms with Gasteiger partial charge in [0.15, 0.2) is 0 Å². The van der Waals surface area contributed by atoms with E-state index >= 15 is 0 Å². The Balaban J connectivity index is 1.71. The van der Waals surface area contributed by atoms with E-state index in [2.05, 4.69) is 12.2 Å². The van der Waals surface area contributed by atoms with E-state index in [1.54, 1.807) is 12.1 Å². The molecule has 1 aliphatic carbocycles. The molecule has 0 radical (unpaired) electrons. The lowest BCUT2D eigenvalue weighted by Gasteiger charge is -2.20. The first-order valence-corrected chi connectivity index (χ1v) is 8.40. The van der Waals surface area contributed by atoms with Crippen LogP contribution in [0.15, 0.2) is 29.2 Å². The van der Waals surface area contributed by atoms with Gasteiger partial charge < -0.3 is 5.32 Å². The van der Waals surface area contributed by atoms with Crippen LogP contribution in [0.2, 0.25) is 0 Å². The predicted molar refractivity (Wildman–Crippen MR) is 81.2 cm³/mol. The molecular formula is C16H24FNS. The van der Waals surface area contributed by atoms with Crippen LogP contribution in [0.4, 0.5) is 4.39 Å². The van der Waals surface area contributed by atoms with Gasteiger partial charge in [-0.15, -0.1) is 11.8 Å². The average Bonchev–Trinajstić information content (AvgIpc) is 2.86. The molecule has 0 saturated heterocycles. The van der Waals surface area contributed by atoms with Gasteiger partial charge in [0.1, 0.15) is 5.82 Å². The fraction of sp³-hybridized carbons (Fsp3) is 0.625. The largest absolute Gasteiger partial charge is 0.314 e. The minimum atomic E-state index is -0.149. The fourth-order valence-electron chi connectivity index (χ4n) is 2.84. The number of benzene rings is 1. The van der Waals surface area contributed by atoms with Gasteiger partial charge in [0.25, 0.3) is 0 Å². The second-order valence-electron chi connectivity index (χ2n) is 5.34. The number of rotatable bonds is 7. The van der Waals surface area contributed by atoms with Gasteiger partial charge in [-0.1, -0.05) is 13.3 Å². The van der Waals surface area contributed by atoms with Gasteiger partial charge in [-0.25, -0.2) is 4.39 Å². The van der Waals surface area contributed by atoms with E-state index in [9.17, 15) is 4.39 Å². The Hall–Kier alpha value is -0.540. The van der Waals surface area contributed by atoms with Crippen molar-refractivity contribution in [2.24, 2.45) is 5.92 Å². The maximum Gasteiger partial charge on any atom is 0.123 e. The molecule has 106 valence electrons. The van der Waals surface area contributed by atoms with Crippen molar-refractivity contribution in [3.8, 4) is 0 Å². The van der Waals surface area contributed by atoms with Gasteiger partial charge in [0.05, 0.1) is 0 Å². The summed E-state index contributed by atoms with van der Waals surface area (Å²) in [4.78, 5) is 1.18. The Morgan fingerprint density at radius 2 is 2.05 bits per heavy atom. The van der Waals surface area contributed by atoms with Crippen molar-refractivity contribution in [2.75, 3.05) is 12.3 Å². The van der Waals surface area contributed by atoms with Gasteiger partial charge in [0.2, 0.25) is 0 Å². The Morgan fingerprint density at radius 1 is 1.26 bits per heavy atom.